The summed E-state index contributed by atoms with van der Waals surface area (Å²) < 4.78 is 19.6. The molecule has 0 aliphatic heterocycles. The molecule has 0 fully saturated rings. The van der Waals surface area contributed by atoms with Crippen LogP contribution in [0.25, 0.3) is 0 Å². The van der Waals surface area contributed by atoms with Gasteiger partial charge in [0.05, 0.1) is 0 Å². The summed E-state index contributed by atoms with van der Waals surface area (Å²) in [6, 6.07) is 0. The fourth-order valence-corrected chi connectivity index (χ4v) is 3.82. The van der Waals surface area contributed by atoms with E-state index in [2.05, 4.69) is 0 Å². The molecule has 0 spiro atoms. The number of hydrogen-bond acceptors (Lipinski definition) is 2. The normalized spacial score (nSPS) is 6.46. The molecule has 0 bridgehead atoms. The third-order valence-corrected chi connectivity index (χ3v) is 4.73. The van der Waals surface area contributed by atoms with Crippen molar-refractivity contribution < 1.29 is 50.6 Å². The van der Waals surface area contributed by atoms with Gasteiger partial charge in [0.1, 0.15) is 0 Å². The first-order valence-corrected chi connectivity index (χ1v) is 19.7. The zero-order valence-corrected chi connectivity index (χ0v) is 17.9. The maximum atomic E-state index is 9.82. The van der Waals surface area contributed by atoms with Crippen LogP contribution in [0.15, 0.2) is 0 Å². The molecular weight excluding hydrogens is 465 g/mol. The molecule has 0 unspecified atom stereocenters. The van der Waals surface area contributed by atoms with Gasteiger partial charge >= 0.3 is 75.7 Å². The van der Waals surface area contributed by atoms with Gasteiger partial charge in [0.15, 0.2) is 0 Å². The van der Waals surface area contributed by atoms with E-state index >= 15 is 0 Å². The van der Waals surface area contributed by atoms with Gasteiger partial charge in [0, 0.05) is 9.52 Å². The molecular formula is C2H7Cl4O2Si3Zr2. The van der Waals surface area contributed by atoms with Crippen molar-refractivity contribution >= 4 is 62.4 Å². The van der Waals surface area contributed by atoms with Crippen LogP contribution in [0.5, 0.6) is 0 Å². The Hall–Kier alpha value is 3.18. The molecule has 11 heteroatoms. The first-order valence-electron chi connectivity index (χ1n) is 2.86. The van der Waals surface area contributed by atoms with Crippen molar-refractivity contribution in [3.8, 4) is 0 Å². The van der Waals surface area contributed by atoms with Gasteiger partial charge in [-0.15, -0.1) is 0 Å². The van der Waals surface area contributed by atoms with Crippen LogP contribution < -0.4 is 0 Å². The Labute approximate surface area is 122 Å². The first kappa shape index (κ1) is 21.5. The van der Waals surface area contributed by atoms with Gasteiger partial charge in [0.25, 0.3) is 18.8 Å². The molecule has 0 rings (SSSR count). The third-order valence-electron chi connectivity index (χ3n) is 0.526. The van der Waals surface area contributed by atoms with Crippen molar-refractivity contribution in [1.82, 2.24) is 0 Å². The van der Waals surface area contributed by atoms with E-state index in [0.717, 1.165) is 11.3 Å². The van der Waals surface area contributed by atoms with Gasteiger partial charge in [-0.05, 0) is 11.3 Å². The van der Waals surface area contributed by atoms with Crippen molar-refractivity contribution in [3.63, 3.8) is 0 Å². The van der Waals surface area contributed by atoms with Gasteiger partial charge in [0.2, 0.25) is 0 Å². The molecule has 0 aromatic rings. The van der Waals surface area contributed by atoms with Crippen molar-refractivity contribution in [1.29, 1.82) is 0 Å². The molecule has 0 aromatic carbocycles. The summed E-state index contributed by atoms with van der Waals surface area (Å²) in [7, 11) is 18.9. The van der Waals surface area contributed by atoms with Gasteiger partial charge in [-0.1, -0.05) is 0 Å². The molecule has 0 atom stereocenters. The van der Waals surface area contributed by atoms with Gasteiger partial charge < -0.3 is 8.92 Å². The second-order valence-corrected chi connectivity index (χ2v) is 13.7. The molecule has 0 aliphatic carbocycles. The van der Waals surface area contributed by atoms with Crippen LogP contribution in [0.4, 0.5) is 0 Å². The first-order chi connectivity index (χ1) is 6.24. The van der Waals surface area contributed by atoms with Crippen molar-refractivity contribution in [2.24, 2.45) is 0 Å². The molecule has 0 amide bonds. The monoisotopic (exact) mass is 467 g/mol. The van der Waals surface area contributed by atoms with Crippen molar-refractivity contribution in [2.45, 2.75) is 11.3 Å². The van der Waals surface area contributed by atoms with Crippen LogP contribution in [-0.4, -0.2) is 28.3 Å². The Morgan fingerprint density at radius 1 is 0.846 bits per heavy atom. The summed E-state index contributed by atoms with van der Waals surface area (Å²) in [4.78, 5) is 0. The molecule has 2 nitrogen and oxygen atoms in total. The van der Waals surface area contributed by atoms with E-state index in [0.29, 0.717) is 0 Å². The summed E-state index contributed by atoms with van der Waals surface area (Å²) >= 11 is -1.65. The summed E-state index contributed by atoms with van der Waals surface area (Å²) in [6.45, 7) is 0. The molecule has 0 saturated carbocycles. The quantitative estimate of drug-likeness (QED) is 0.460. The Balaban J connectivity index is -0.000000140. The summed E-state index contributed by atoms with van der Waals surface area (Å²) in [5.41, 5.74) is 1.71. The van der Waals surface area contributed by atoms with E-state index < -0.39 is 60.5 Å². The number of rotatable bonds is 4. The zero-order valence-electron chi connectivity index (χ0n) is 6.47. The molecule has 0 heterocycles. The van der Waals surface area contributed by atoms with E-state index in [1.807, 2.05) is 0 Å². The number of hydrogen-bond donors (Lipinski definition) is 0. The van der Waals surface area contributed by atoms with E-state index in [-0.39, 0.29) is 9.52 Å². The standard InChI is InChI=1S/C2H7O2Si3.4ClH.2Zr/c3-6-1-5-2-7-4;;;;;;/h5-7H,1-2H2;4*1H;;/q;;;;;2*+2/p-4. The van der Waals surface area contributed by atoms with Crippen molar-refractivity contribution in [2.75, 3.05) is 0 Å². The number of halogens is 4. The van der Waals surface area contributed by atoms with Crippen LogP contribution >= 0.6 is 34.1 Å². The Kier molecular flexibility index (Phi) is 48.6. The average molecular weight is 472 g/mol. The minimum absolute atomic E-state index is 0.271. The predicted molar refractivity (Wildman–Crippen MR) is 55.8 cm³/mol. The molecule has 0 N–H and O–H groups in total. The van der Waals surface area contributed by atoms with Gasteiger partial charge in [-0.3, -0.25) is 0 Å². The van der Waals surface area contributed by atoms with E-state index in [9.17, 15) is 8.92 Å². The van der Waals surface area contributed by atoms with Crippen LogP contribution in [0.3, 0.4) is 0 Å². The molecule has 0 saturated heterocycles. The topological polar surface area (TPSA) is 34.1 Å². The average Bonchev–Trinajstić information content (AvgIpc) is 2.08. The minimum atomic E-state index is -0.826. The second kappa shape index (κ2) is 29.5. The second-order valence-electron chi connectivity index (χ2n) is 1.24. The van der Waals surface area contributed by atoms with Crippen LogP contribution in [0.2, 0.25) is 11.3 Å². The van der Waals surface area contributed by atoms with E-state index in [4.69, 9.17) is 34.1 Å². The van der Waals surface area contributed by atoms with Crippen LogP contribution in [0, 0.1) is 0 Å². The maximum absolute atomic E-state index is 9.82. The molecule has 1 radical (unpaired) electrons. The fraction of sp³-hybridized carbons (Fsp3) is 1.00. The van der Waals surface area contributed by atoms with Crippen LogP contribution in [-0.2, 0) is 50.6 Å². The fourth-order valence-electron chi connectivity index (χ4n) is 0.232. The SMILES string of the molecule is O=[SiH]C[SiH]C[SiH]=O.[Cl][Zr][Cl].[Cl][Zr][Cl]. The van der Waals surface area contributed by atoms with Gasteiger partial charge in [-0.2, -0.15) is 0 Å². The summed E-state index contributed by atoms with van der Waals surface area (Å²) in [5, 5.41) is 0. The zero-order chi connectivity index (χ0) is 10.9. The summed E-state index contributed by atoms with van der Waals surface area (Å²) in [5.74, 6) is 0. The molecule has 0 aromatic heterocycles. The molecule has 75 valence electrons. The summed E-state index contributed by atoms with van der Waals surface area (Å²) in [6.07, 6.45) is 0. The van der Waals surface area contributed by atoms with Crippen LogP contribution in [0.1, 0.15) is 0 Å². The molecule has 13 heavy (non-hydrogen) atoms. The Bertz CT molecular complexity index is 91.5. The van der Waals surface area contributed by atoms with Gasteiger partial charge in [-0.25, -0.2) is 0 Å². The van der Waals surface area contributed by atoms with Crippen molar-refractivity contribution in [3.05, 3.63) is 0 Å². The molecule has 0 aliphatic rings. The van der Waals surface area contributed by atoms with E-state index in [1.54, 1.807) is 0 Å². The van der Waals surface area contributed by atoms with E-state index in [1.165, 1.54) is 0 Å². The Morgan fingerprint density at radius 3 is 1.23 bits per heavy atom. The Morgan fingerprint density at radius 2 is 1.08 bits per heavy atom. The predicted octanol–water partition coefficient (Wildman–Crippen LogP) is 1.49. The third kappa shape index (κ3) is 51.2.